The molecule has 0 heterocycles. The molecule has 0 spiro atoms. The van der Waals surface area contributed by atoms with Gasteiger partial charge in [-0.05, 0) is 43.0 Å². The molecule has 0 aliphatic heterocycles. The first-order chi connectivity index (χ1) is 9.11. The lowest BCUT2D eigenvalue weighted by atomic mass is 9.95. The molecule has 1 aromatic rings. The first-order valence-corrected chi connectivity index (χ1v) is 7.60. The standard InChI is InChI=1S/C15H21BrN2O/c1-18(10-11-5-7-13(16)8-6-11)15(19)14-4-2-3-12(14)9-17/h5-8,12,14H,2-4,9-10,17H2,1H3/t12-,14-/m1/s1. The van der Waals surface area contributed by atoms with Crippen LogP contribution in [-0.2, 0) is 11.3 Å². The van der Waals surface area contributed by atoms with Crippen LogP contribution in [0.1, 0.15) is 24.8 Å². The van der Waals surface area contributed by atoms with Crippen LogP contribution in [0.2, 0.25) is 0 Å². The summed E-state index contributed by atoms with van der Waals surface area (Å²) in [6, 6.07) is 8.10. The van der Waals surface area contributed by atoms with E-state index < -0.39 is 0 Å². The van der Waals surface area contributed by atoms with Crippen LogP contribution >= 0.6 is 15.9 Å². The summed E-state index contributed by atoms with van der Waals surface area (Å²) in [4.78, 5) is 14.3. The smallest absolute Gasteiger partial charge is 0.226 e. The second-order valence-electron chi connectivity index (χ2n) is 5.35. The van der Waals surface area contributed by atoms with Gasteiger partial charge in [0, 0.05) is 24.0 Å². The van der Waals surface area contributed by atoms with Crippen molar-refractivity contribution in [3.63, 3.8) is 0 Å². The Morgan fingerprint density at radius 1 is 1.37 bits per heavy atom. The largest absolute Gasteiger partial charge is 0.341 e. The van der Waals surface area contributed by atoms with Gasteiger partial charge in [0.25, 0.3) is 0 Å². The van der Waals surface area contributed by atoms with E-state index in [1.54, 1.807) is 0 Å². The summed E-state index contributed by atoms with van der Waals surface area (Å²) in [6.45, 7) is 1.29. The fraction of sp³-hybridized carbons (Fsp3) is 0.533. The third-order valence-corrected chi connectivity index (χ3v) is 4.52. The monoisotopic (exact) mass is 324 g/mol. The highest BCUT2D eigenvalue weighted by Gasteiger charge is 2.33. The Morgan fingerprint density at radius 2 is 2.05 bits per heavy atom. The lowest BCUT2D eigenvalue weighted by molar-refractivity contribution is -0.135. The van der Waals surface area contributed by atoms with Crippen LogP contribution in [0.15, 0.2) is 28.7 Å². The molecular weight excluding hydrogens is 304 g/mol. The molecule has 2 rings (SSSR count). The molecule has 4 heteroatoms. The normalized spacial score (nSPS) is 22.5. The van der Waals surface area contributed by atoms with E-state index in [2.05, 4.69) is 15.9 Å². The van der Waals surface area contributed by atoms with Crippen LogP contribution in [0.3, 0.4) is 0 Å². The molecule has 3 nitrogen and oxygen atoms in total. The summed E-state index contributed by atoms with van der Waals surface area (Å²) >= 11 is 3.42. The highest BCUT2D eigenvalue weighted by atomic mass is 79.9. The van der Waals surface area contributed by atoms with Crippen LogP contribution < -0.4 is 5.73 Å². The van der Waals surface area contributed by atoms with Crippen molar-refractivity contribution in [2.45, 2.75) is 25.8 Å². The summed E-state index contributed by atoms with van der Waals surface area (Å²) in [7, 11) is 1.89. The Hall–Kier alpha value is -0.870. The van der Waals surface area contributed by atoms with Crippen molar-refractivity contribution >= 4 is 21.8 Å². The molecule has 0 aromatic heterocycles. The number of hydrogen-bond donors (Lipinski definition) is 1. The van der Waals surface area contributed by atoms with Crippen molar-refractivity contribution in [2.75, 3.05) is 13.6 Å². The van der Waals surface area contributed by atoms with Crippen LogP contribution in [0.5, 0.6) is 0 Å². The Bertz CT molecular complexity index is 432. The van der Waals surface area contributed by atoms with Crippen LogP contribution in [0, 0.1) is 11.8 Å². The first-order valence-electron chi connectivity index (χ1n) is 6.81. The molecule has 0 bridgehead atoms. The summed E-state index contributed by atoms with van der Waals surface area (Å²) in [6.07, 6.45) is 3.22. The molecule has 19 heavy (non-hydrogen) atoms. The topological polar surface area (TPSA) is 46.3 Å². The number of hydrogen-bond acceptors (Lipinski definition) is 2. The predicted octanol–water partition coefficient (Wildman–Crippen LogP) is 2.78. The van der Waals surface area contributed by atoms with E-state index in [1.165, 1.54) is 0 Å². The van der Waals surface area contributed by atoms with E-state index in [-0.39, 0.29) is 11.8 Å². The maximum Gasteiger partial charge on any atom is 0.226 e. The maximum absolute atomic E-state index is 12.4. The minimum atomic E-state index is 0.130. The van der Waals surface area contributed by atoms with E-state index in [9.17, 15) is 4.79 Å². The van der Waals surface area contributed by atoms with Crippen molar-refractivity contribution in [3.8, 4) is 0 Å². The summed E-state index contributed by atoms with van der Waals surface area (Å²) in [5.74, 6) is 0.751. The zero-order valence-electron chi connectivity index (χ0n) is 11.3. The number of benzene rings is 1. The molecule has 1 amide bonds. The van der Waals surface area contributed by atoms with Crippen molar-refractivity contribution < 1.29 is 4.79 Å². The van der Waals surface area contributed by atoms with Gasteiger partial charge < -0.3 is 10.6 Å². The van der Waals surface area contributed by atoms with Gasteiger partial charge in [-0.25, -0.2) is 0 Å². The Morgan fingerprint density at radius 3 is 2.68 bits per heavy atom. The molecule has 1 saturated carbocycles. The number of amides is 1. The average Bonchev–Trinajstić information content (AvgIpc) is 2.88. The van der Waals surface area contributed by atoms with Gasteiger partial charge in [-0.1, -0.05) is 34.5 Å². The quantitative estimate of drug-likeness (QED) is 0.925. The van der Waals surface area contributed by atoms with Crippen molar-refractivity contribution in [2.24, 2.45) is 17.6 Å². The molecule has 0 radical (unpaired) electrons. The molecule has 1 aromatic carbocycles. The molecular formula is C15H21BrN2O. The van der Waals surface area contributed by atoms with E-state index in [0.29, 0.717) is 19.0 Å². The van der Waals surface area contributed by atoms with Crippen LogP contribution in [0.25, 0.3) is 0 Å². The van der Waals surface area contributed by atoms with Crippen molar-refractivity contribution in [1.29, 1.82) is 0 Å². The number of carbonyl (C=O) groups is 1. The average molecular weight is 325 g/mol. The Labute approximate surface area is 123 Å². The van der Waals surface area contributed by atoms with Gasteiger partial charge in [0.05, 0.1) is 0 Å². The second-order valence-corrected chi connectivity index (χ2v) is 6.27. The Balaban J connectivity index is 1.97. The third-order valence-electron chi connectivity index (χ3n) is 3.99. The lowest BCUT2D eigenvalue weighted by Gasteiger charge is -2.24. The number of rotatable bonds is 4. The number of carbonyl (C=O) groups excluding carboxylic acids is 1. The Kier molecular flexibility index (Phi) is 4.99. The lowest BCUT2D eigenvalue weighted by Crippen LogP contribution is -2.36. The van der Waals surface area contributed by atoms with Gasteiger partial charge in [-0.15, -0.1) is 0 Å². The fourth-order valence-electron chi connectivity index (χ4n) is 2.87. The predicted molar refractivity (Wildman–Crippen MR) is 80.5 cm³/mol. The molecule has 1 aliphatic carbocycles. The highest BCUT2D eigenvalue weighted by molar-refractivity contribution is 9.10. The second kappa shape index (κ2) is 6.53. The van der Waals surface area contributed by atoms with Crippen LogP contribution in [0.4, 0.5) is 0 Å². The zero-order valence-corrected chi connectivity index (χ0v) is 12.9. The molecule has 2 atom stereocenters. The number of halogens is 1. The summed E-state index contributed by atoms with van der Waals surface area (Å²) in [5.41, 5.74) is 6.91. The van der Waals surface area contributed by atoms with E-state index in [1.807, 2.05) is 36.2 Å². The zero-order chi connectivity index (χ0) is 13.8. The van der Waals surface area contributed by atoms with E-state index >= 15 is 0 Å². The van der Waals surface area contributed by atoms with Gasteiger partial charge in [-0.3, -0.25) is 4.79 Å². The van der Waals surface area contributed by atoms with Crippen molar-refractivity contribution in [3.05, 3.63) is 34.3 Å². The SMILES string of the molecule is CN(Cc1ccc(Br)cc1)C(=O)[C@@H]1CCC[C@@H]1CN. The molecule has 104 valence electrons. The third kappa shape index (κ3) is 3.57. The van der Waals surface area contributed by atoms with Gasteiger partial charge in [-0.2, -0.15) is 0 Å². The van der Waals surface area contributed by atoms with Gasteiger partial charge in [0.2, 0.25) is 5.91 Å². The van der Waals surface area contributed by atoms with Gasteiger partial charge in [0.1, 0.15) is 0 Å². The van der Waals surface area contributed by atoms with Gasteiger partial charge in [0.15, 0.2) is 0 Å². The maximum atomic E-state index is 12.4. The van der Waals surface area contributed by atoms with Crippen molar-refractivity contribution in [1.82, 2.24) is 4.90 Å². The molecule has 0 saturated heterocycles. The minimum Gasteiger partial charge on any atom is -0.341 e. The summed E-state index contributed by atoms with van der Waals surface area (Å²) < 4.78 is 1.06. The van der Waals surface area contributed by atoms with E-state index in [4.69, 9.17) is 5.73 Å². The highest BCUT2D eigenvalue weighted by Crippen LogP contribution is 2.32. The van der Waals surface area contributed by atoms with Gasteiger partial charge >= 0.3 is 0 Å². The fourth-order valence-corrected chi connectivity index (χ4v) is 3.13. The molecule has 1 aliphatic rings. The molecule has 0 unspecified atom stereocenters. The van der Waals surface area contributed by atoms with E-state index in [0.717, 1.165) is 29.3 Å². The molecule has 1 fully saturated rings. The number of nitrogens with zero attached hydrogens (tertiary/aromatic N) is 1. The molecule has 2 N–H and O–H groups in total. The van der Waals surface area contributed by atoms with Crippen LogP contribution in [-0.4, -0.2) is 24.4 Å². The summed E-state index contributed by atoms with van der Waals surface area (Å²) in [5, 5.41) is 0. The number of nitrogens with two attached hydrogens (primary N) is 1. The minimum absolute atomic E-state index is 0.130. The first kappa shape index (κ1) is 14.5.